The summed E-state index contributed by atoms with van der Waals surface area (Å²) in [6.45, 7) is 1.94. The highest BCUT2D eigenvalue weighted by Gasteiger charge is 2.43. The third-order valence-corrected chi connectivity index (χ3v) is 6.04. The van der Waals surface area contributed by atoms with E-state index in [4.69, 9.17) is 15.2 Å². The molecule has 0 radical (unpaired) electrons. The Morgan fingerprint density at radius 2 is 1.80 bits per heavy atom. The highest BCUT2D eigenvalue weighted by molar-refractivity contribution is 9.10. The summed E-state index contributed by atoms with van der Waals surface area (Å²) >= 11 is 3.43. The molecule has 0 saturated heterocycles. The van der Waals surface area contributed by atoms with Crippen LogP contribution in [0.25, 0.3) is 0 Å². The minimum Gasteiger partial charge on any atom is -0.462 e. The Balaban J connectivity index is 1.80. The normalized spacial score (nSPS) is 21.2. The molecule has 2 atom stereocenters. The second kappa shape index (κ2) is 8.48. The first-order valence-electron chi connectivity index (χ1n) is 9.90. The van der Waals surface area contributed by atoms with E-state index in [1.807, 2.05) is 54.6 Å². The fourth-order valence-electron chi connectivity index (χ4n) is 4.16. The summed E-state index contributed by atoms with van der Waals surface area (Å²) in [7, 11) is 0. The van der Waals surface area contributed by atoms with Gasteiger partial charge >= 0.3 is 5.97 Å². The quantitative estimate of drug-likeness (QED) is 0.659. The number of Topliss-reactive ketones (excluding diaryl/α,β-unsaturated/α-hetero) is 1. The molecule has 2 aromatic rings. The Bertz CT molecular complexity index is 1040. The van der Waals surface area contributed by atoms with Crippen LogP contribution in [-0.2, 0) is 19.1 Å². The molecule has 1 heterocycles. The highest BCUT2D eigenvalue weighted by atomic mass is 79.9. The lowest BCUT2D eigenvalue weighted by atomic mass is 9.73. The SMILES string of the molecule is CCOC(=O)C1=C(N)OC2=C(C(=O)C[C@H](c3ccccc3)C2)[C@@H]1c1ccc(Br)cc1. The summed E-state index contributed by atoms with van der Waals surface area (Å²) in [4.78, 5) is 26.1. The maximum Gasteiger partial charge on any atom is 0.340 e. The summed E-state index contributed by atoms with van der Waals surface area (Å²) < 4.78 is 12.0. The molecule has 0 spiro atoms. The van der Waals surface area contributed by atoms with Gasteiger partial charge in [0.05, 0.1) is 12.5 Å². The minimum atomic E-state index is -0.606. The number of hydrogen-bond acceptors (Lipinski definition) is 5. The molecular weight excluding hydrogens is 446 g/mol. The number of benzene rings is 2. The predicted molar refractivity (Wildman–Crippen MR) is 116 cm³/mol. The van der Waals surface area contributed by atoms with E-state index in [-0.39, 0.29) is 29.8 Å². The number of hydrogen-bond donors (Lipinski definition) is 1. The molecular formula is C24H22BrNO4. The van der Waals surface area contributed by atoms with Crippen molar-refractivity contribution >= 4 is 27.7 Å². The monoisotopic (exact) mass is 467 g/mol. The van der Waals surface area contributed by atoms with Crippen molar-refractivity contribution in [3.63, 3.8) is 0 Å². The van der Waals surface area contributed by atoms with Gasteiger partial charge < -0.3 is 15.2 Å². The van der Waals surface area contributed by atoms with Crippen molar-refractivity contribution in [3.05, 3.63) is 93.0 Å². The number of carbonyl (C=O) groups is 2. The van der Waals surface area contributed by atoms with Crippen molar-refractivity contribution in [3.8, 4) is 0 Å². The smallest absolute Gasteiger partial charge is 0.340 e. The van der Waals surface area contributed by atoms with Crippen LogP contribution in [0.2, 0.25) is 0 Å². The first kappa shape index (κ1) is 20.4. The minimum absolute atomic E-state index is 0.00151. The first-order valence-corrected chi connectivity index (χ1v) is 10.7. The fourth-order valence-corrected chi connectivity index (χ4v) is 4.43. The van der Waals surface area contributed by atoms with E-state index in [0.29, 0.717) is 24.2 Å². The Hall–Kier alpha value is -2.86. The molecule has 0 unspecified atom stereocenters. The largest absolute Gasteiger partial charge is 0.462 e. The summed E-state index contributed by atoms with van der Waals surface area (Å²) in [5.41, 5.74) is 8.77. The van der Waals surface area contributed by atoms with E-state index in [1.54, 1.807) is 6.92 Å². The lowest BCUT2D eigenvalue weighted by Crippen LogP contribution is -2.33. The standard InChI is InChI=1S/C24H22BrNO4/c1-2-29-24(28)22-20(15-8-10-17(25)11-9-15)21-18(27)12-16(13-19(21)30-23(22)26)14-6-4-3-5-7-14/h3-11,16,20H,2,12-13,26H2,1H3/t16-,20-/m0/s1. The van der Waals surface area contributed by atoms with Crippen LogP contribution in [0, 0.1) is 0 Å². The van der Waals surface area contributed by atoms with Crippen molar-refractivity contribution in [2.45, 2.75) is 31.6 Å². The van der Waals surface area contributed by atoms with Gasteiger partial charge in [-0.2, -0.15) is 0 Å². The van der Waals surface area contributed by atoms with Gasteiger partial charge in [-0.25, -0.2) is 4.79 Å². The number of ketones is 1. The molecule has 2 N–H and O–H groups in total. The van der Waals surface area contributed by atoms with Gasteiger partial charge in [0.1, 0.15) is 11.3 Å². The van der Waals surface area contributed by atoms with E-state index in [1.165, 1.54) is 0 Å². The lowest BCUT2D eigenvalue weighted by Gasteiger charge is -2.35. The van der Waals surface area contributed by atoms with Crippen LogP contribution in [0.15, 0.2) is 81.9 Å². The van der Waals surface area contributed by atoms with Crippen molar-refractivity contribution in [2.75, 3.05) is 6.61 Å². The first-order chi connectivity index (χ1) is 14.5. The Morgan fingerprint density at radius 3 is 2.47 bits per heavy atom. The number of ether oxygens (including phenoxy) is 2. The van der Waals surface area contributed by atoms with Gasteiger partial charge in [0.25, 0.3) is 0 Å². The molecule has 30 heavy (non-hydrogen) atoms. The number of halogens is 1. The second-order valence-corrected chi connectivity index (χ2v) is 8.28. The number of nitrogens with two attached hydrogens (primary N) is 1. The fraction of sp³-hybridized carbons (Fsp3) is 0.250. The average molecular weight is 468 g/mol. The van der Waals surface area contributed by atoms with Crippen LogP contribution >= 0.6 is 15.9 Å². The second-order valence-electron chi connectivity index (χ2n) is 7.36. The van der Waals surface area contributed by atoms with Crippen molar-refractivity contribution in [1.82, 2.24) is 0 Å². The summed E-state index contributed by atoms with van der Waals surface area (Å²) in [6.07, 6.45) is 0.907. The van der Waals surface area contributed by atoms with Gasteiger partial charge in [-0.05, 0) is 36.1 Å². The van der Waals surface area contributed by atoms with Crippen LogP contribution < -0.4 is 5.73 Å². The maximum atomic E-state index is 13.3. The van der Waals surface area contributed by atoms with E-state index in [2.05, 4.69) is 15.9 Å². The van der Waals surface area contributed by atoms with Gasteiger partial charge in [-0.3, -0.25) is 4.79 Å². The molecule has 2 aromatic carbocycles. The van der Waals surface area contributed by atoms with E-state index >= 15 is 0 Å². The molecule has 0 saturated carbocycles. The van der Waals surface area contributed by atoms with E-state index in [0.717, 1.165) is 15.6 Å². The number of rotatable bonds is 4. The van der Waals surface area contributed by atoms with Crippen LogP contribution in [0.5, 0.6) is 0 Å². The Labute approximate surface area is 183 Å². The van der Waals surface area contributed by atoms with Crippen molar-refractivity contribution < 1.29 is 19.1 Å². The predicted octanol–water partition coefficient (Wildman–Crippen LogP) is 4.70. The zero-order valence-electron chi connectivity index (χ0n) is 16.6. The third-order valence-electron chi connectivity index (χ3n) is 5.51. The zero-order valence-corrected chi connectivity index (χ0v) is 18.1. The van der Waals surface area contributed by atoms with E-state index in [9.17, 15) is 9.59 Å². The van der Waals surface area contributed by atoms with Crippen LogP contribution in [0.1, 0.15) is 42.7 Å². The third kappa shape index (κ3) is 3.79. The van der Waals surface area contributed by atoms with Crippen LogP contribution in [0.3, 0.4) is 0 Å². The number of allylic oxidation sites excluding steroid dienone is 2. The molecule has 0 bridgehead atoms. The molecule has 1 aliphatic carbocycles. The molecule has 0 amide bonds. The maximum absolute atomic E-state index is 13.3. The number of carbonyl (C=O) groups excluding carboxylic acids is 2. The lowest BCUT2D eigenvalue weighted by molar-refractivity contribution is -0.139. The van der Waals surface area contributed by atoms with Crippen LogP contribution in [0.4, 0.5) is 0 Å². The molecule has 154 valence electrons. The molecule has 5 nitrogen and oxygen atoms in total. The molecule has 1 aliphatic heterocycles. The molecule has 2 aliphatic rings. The van der Waals surface area contributed by atoms with Gasteiger partial charge in [0.15, 0.2) is 5.78 Å². The average Bonchev–Trinajstić information content (AvgIpc) is 2.74. The Kier molecular flexibility index (Phi) is 5.77. The molecule has 6 heteroatoms. The van der Waals surface area contributed by atoms with Crippen molar-refractivity contribution in [2.24, 2.45) is 5.73 Å². The van der Waals surface area contributed by atoms with Gasteiger partial charge in [0.2, 0.25) is 5.88 Å². The topological polar surface area (TPSA) is 78.6 Å². The van der Waals surface area contributed by atoms with Gasteiger partial charge in [-0.15, -0.1) is 0 Å². The Morgan fingerprint density at radius 1 is 1.10 bits per heavy atom. The summed E-state index contributed by atoms with van der Waals surface area (Å²) in [5, 5.41) is 0. The highest BCUT2D eigenvalue weighted by Crippen LogP contribution is 2.47. The summed E-state index contributed by atoms with van der Waals surface area (Å²) in [6, 6.07) is 17.4. The zero-order chi connectivity index (χ0) is 21.3. The van der Waals surface area contributed by atoms with Crippen molar-refractivity contribution in [1.29, 1.82) is 0 Å². The molecule has 0 aromatic heterocycles. The molecule has 4 rings (SSSR count). The van der Waals surface area contributed by atoms with Gasteiger partial charge in [-0.1, -0.05) is 58.4 Å². The summed E-state index contributed by atoms with van der Waals surface area (Å²) in [5.74, 6) is -0.648. The van der Waals surface area contributed by atoms with E-state index < -0.39 is 11.9 Å². The van der Waals surface area contributed by atoms with Crippen LogP contribution in [-0.4, -0.2) is 18.4 Å². The molecule has 0 fully saturated rings. The van der Waals surface area contributed by atoms with Gasteiger partial charge in [0, 0.05) is 22.9 Å². The number of esters is 1.